The van der Waals surface area contributed by atoms with Crippen LogP contribution in [0.1, 0.15) is 29.5 Å². The predicted molar refractivity (Wildman–Crippen MR) is 86.5 cm³/mol. The Bertz CT molecular complexity index is 744. The van der Waals surface area contributed by atoms with E-state index in [2.05, 4.69) is 5.32 Å². The first-order chi connectivity index (χ1) is 11.0. The molecule has 23 heavy (non-hydrogen) atoms. The van der Waals surface area contributed by atoms with Crippen molar-refractivity contribution in [3.8, 4) is 0 Å². The summed E-state index contributed by atoms with van der Waals surface area (Å²) in [7, 11) is 0. The number of aliphatic hydroxyl groups is 1. The van der Waals surface area contributed by atoms with Crippen LogP contribution in [0.4, 0.5) is 4.39 Å². The second-order valence-corrected chi connectivity index (χ2v) is 6.30. The number of hydrogen-bond donors (Lipinski definition) is 2. The molecule has 5 heteroatoms. The van der Waals surface area contributed by atoms with E-state index in [0.29, 0.717) is 11.6 Å². The SMILES string of the molecule is O=C(NCc1ccc(F)c(CO)c1)C1(c2cccc(Cl)c2)CC1. The Morgan fingerprint density at radius 1 is 1.26 bits per heavy atom. The predicted octanol–water partition coefficient (Wildman–Crippen LogP) is 3.32. The van der Waals surface area contributed by atoms with Gasteiger partial charge in [0.05, 0.1) is 12.0 Å². The molecule has 1 aliphatic rings. The van der Waals surface area contributed by atoms with Crippen LogP contribution in [0.2, 0.25) is 5.02 Å². The number of hydrogen-bond acceptors (Lipinski definition) is 2. The van der Waals surface area contributed by atoms with Gasteiger partial charge in [0.15, 0.2) is 0 Å². The summed E-state index contributed by atoms with van der Waals surface area (Å²) in [6, 6.07) is 11.8. The molecular formula is C18H17ClFNO2. The van der Waals surface area contributed by atoms with Crippen molar-refractivity contribution in [2.45, 2.75) is 31.4 Å². The van der Waals surface area contributed by atoms with Gasteiger partial charge in [-0.25, -0.2) is 4.39 Å². The van der Waals surface area contributed by atoms with E-state index in [1.807, 2.05) is 18.2 Å². The summed E-state index contributed by atoms with van der Waals surface area (Å²) in [6.45, 7) is -0.0610. The molecule has 0 aromatic heterocycles. The largest absolute Gasteiger partial charge is 0.392 e. The summed E-state index contributed by atoms with van der Waals surface area (Å²) in [5.41, 5.74) is 1.42. The number of nitrogens with one attached hydrogen (secondary N) is 1. The van der Waals surface area contributed by atoms with Gasteiger partial charge in [-0.2, -0.15) is 0 Å². The van der Waals surface area contributed by atoms with Crippen LogP contribution in [-0.2, 0) is 23.4 Å². The molecule has 2 aromatic carbocycles. The number of aliphatic hydroxyl groups excluding tert-OH is 1. The van der Waals surface area contributed by atoms with Gasteiger partial charge in [0.25, 0.3) is 0 Å². The molecule has 0 heterocycles. The summed E-state index contributed by atoms with van der Waals surface area (Å²) in [6.07, 6.45) is 1.59. The van der Waals surface area contributed by atoms with Gasteiger partial charge >= 0.3 is 0 Å². The van der Waals surface area contributed by atoms with Crippen molar-refractivity contribution in [1.82, 2.24) is 5.32 Å². The normalized spacial score (nSPS) is 15.3. The molecule has 1 amide bonds. The van der Waals surface area contributed by atoms with Crippen LogP contribution in [-0.4, -0.2) is 11.0 Å². The van der Waals surface area contributed by atoms with Crippen molar-refractivity contribution in [3.05, 3.63) is 70.0 Å². The van der Waals surface area contributed by atoms with Crippen molar-refractivity contribution in [2.75, 3.05) is 0 Å². The minimum atomic E-state index is -0.495. The van der Waals surface area contributed by atoms with Gasteiger partial charge in [-0.1, -0.05) is 29.8 Å². The van der Waals surface area contributed by atoms with Crippen LogP contribution >= 0.6 is 11.6 Å². The molecule has 0 radical (unpaired) electrons. The Morgan fingerprint density at radius 3 is 2.70 bits per heavy atom. The molecule has 2 aromatic rings. The van der Waals surface area contributed by atoms with Crippen LogP contribution in [0.25, 0.3) is 0 Å². The number of carbonyl (C=O) groups excluding carboxylic acids is 1. The van der Waals surface area contributed by atoms with Gasteiger partial charge in [-0.3, -0.25) is 4.79 Å². The number of rotatable bonds is 5. The van der Waals surface area contributed by atoms with Gasteiger partial charge in [-0.15, -0.1) is 0 Å². The van der Waals surface area contributed by atoms with Gasteiger partial charge in [0.2, 0.25) is 5.91 Å². The van der Waals surface area contributed by atoms with Gasteiger partial charge in [0.1, 0.15) is 5.82 Å². The Labute approximate surface area is 139 Å². The van der Waals surface area contributed by atoms with E-state index >= 15 is 0 Å². The van der Waals surface area contributed by atoms with Crippen LogP contribution in [0.3, 0.4) is 0 Å². The number of amides is 1. The molecule has 120 valence electrons. The van der Waals surface area contributed by atoms with Crippen molar-refractivity contribution < 1.29 is 14.3 Å². The van der Waals surface area contributed by atoms with Gasteiger partial charge in [0, 0.05) is 17.1 Å². The van der Waals surface area contributed by atoms with Crippen LogP contribution in [0.15, 0.2) is 42.5 Å². The summed E-state index contributed by atoms with van der Waals surface area (Å²) >= 11 is 6.01. The highest BCUT2D eigenvalue weighted by atomic mass is 35.5. The molecule has 1 aliphatic carbocycles. The van der Waals surface area contributed by atoms with Crippen molar-refractivity contribution in [2.24, 2.45) is 0 Å². The molecule has 0 aliphatic heterocycles. The van der Waals surface area contributed by atoms with E-state index < -0.39 is 11.2 Å². The first-order valence-electron chi connectivity index (χ1n) is 7.48. The van der Waals surface area contributed by atoms with E-state index in [9.17, 15) is 9.18 Å². The lowest BCUT2D eigenvalue weighted by molar-refractivity contribution is -0.123. The quantitative estimate of drug-likeness (QED) is 0.882. The average Bonchev–Trinajstić information content (AvgIpc) is 3.35. The van der Waals surface area contributed by atoms with E-state index in [0.717, 1.165) is 24.0 Å². The summed E-state index contributed by atoms with van der Waals surface area (Å²) < 4.78 is 13.4. The van der Waals surface area contributed by atoms with Crippen molar-refractivity contribution in [1.29, 1.82) is 0 Å². The summed E-state index contributed by atoms with van der Waals surface area (Å²) in [5, 5.41) is 12.6. The summed E-state index contributed by atoms with van der Waals surface area (Å²) in [4.78, 5) is 12.6. The highest BCUT2D eigenvalue weighted by Gasteiger charge is 2.51. The fourth-order valence-corrected chi connectivity index (χ4v) is 2.96. The van der Waals surface area contributed by atoms with Crippen molar-refractivity contribution >= 4 is 17.5 Å². The number of carbonyl (C=O) groups is 1. The van der Waals surface area contributed by atoms with E-state index in [1.165, 1.54) is 6.07 Å². The van der Waals surface area contributed by atoms with E-state index in [1.54, 1.807) is 18.2 Å². The third kappa shape index (κ3) is 3.23. The first kappa shape index (κ1) is 16.0. The van der Waals surface area contributed by atoms with E-state index in [-0.39, 0.29) is 18.1 Å². The standard InChI is InChI=1S/C18H17ClFNO2/c19-15-3-1-2-14(9-15)18(6-7-18)17(23)21-10-12-4-5-16(20)13(8-12)11-22/h1-5,8-9,22H,6-7,10-11H2,(H,21,23). The molecule has 1 fully saturated rings. The molecule has 0 atom stereocenters. The third-order valence-corrected chi connectivity index (χ3v) is 4.53. The van der Waals surface area contributed by atoms with Crippen LogP contribution in [0.5, 0.6) is 0 Å². The van der Waals surface area contributed by atoms with E-state index in [4.69, 9.17) is 16.7 Å². The molecule has 0 spiro atoms. The zero-order valence-corrected chi connectivity index (χ0v) is 13.2. The monoisotopic (exact) mass is 333 g/mol. The Hall–Kier alpha value is -1.91. The number of benzene rings is 2. The van der Waals surface area contributed by atoms with Crippen LogP contribution in [0, 0.1) is 5.82 Å². The Morgan fingerprint density at radius 2 is 2.04 bits per heavy atom. The molecule has 1 saturated carbocycles. The average molecular weight is 334 g/mol. The maximum Gasteiger partial charge on any atom is 0.230 e. The second kappa shape index (κ2) is 6.30. The molecule has 3 rings (SSSR count). The zero-order valence-electron chi connectivity index (χ0n) is 12.5. The fraction of sp³-hybridized carbons (Fsp3) is 0.278. The first-order valence-corrected chi connectivity index (χ1v) is 7.85. The smallest absolute Gasteiger partial charge is 0.230 e. The van der Waals surface area contributed by atoms with Crippen LogP contribution < -0.4 is 5.32 Å². The minimum Gasteiger partial charge on any atom is -0.392 e. The fourth-order valence-electron chi connectivity index (χ4n) is 2.77. The maximum absolute atomic E-state index is 13.4. The number of halogens is 2. The highest BCUT2D eigenvalue weighted by molar-refractivity contribution is 6.30. The van der Waals surface area contributed by atoms with Crippen molar-refractivity contribution in [3.63, 3.8) is 0 Å². The van der Waals surface area contributed by atoms with Gasteiger partial charge < -0.3 is 10.4 Å². The Balaban J connectivity index is 1.70. The molecule has 0 bridgehead atoms. The van der Waals surface area contributed by atoms with Gasteiger partial charge in [-0.05, 0) is 48.2 Å². The Kier molecular flexibility index (Phi) is 4.37. The zero-order chi connectivity index (χ0) is 16.4. The lowest BCUT2D eigenvalue weighted by Crippen LogP contribution is -2.34. The molecule has 0 unspecified atom stereocenters. The lowest BCUT2D eigenvalue weighted by atomic mass is 9.95. The minimum absolute atomic E-state index is 0.0466. The molecule has 0 saturated heterocycles. The third-order valence-electron chi connectivity index (χ3n) is 4.30. The maximum atomic E-state index is 13.4. The molecule has 3 nitrogen and oxygen atoms in total. The highest BCUT2D eigenvalue weighted by Crippen LogP contribution is 2.48. The second-order valence-electron chi connectivity index (χ2n) is 5.86. The molecule has 2 N–H and O–H groups in total. The molecular weight excluding hydrogens is 317 g/mol. The summed E-state index contributed by atoms with van der Waals surface area (Å²) in [5.74, 6) is -0.491. The lowest BCUT2D eigenvalue weighted by Gasteiger charge is -2.16. The topological polar surface area (TPSA) is 49.3 Å².